The Balaban J connectivity index is 0.00000225. The highest BCUT2D eigenvalue weighted by molar-refractivity contribution is 6.30. The van der Waals surface area contributed by atoms with Crippen LogP contribution in [0, 0.1) is 0 Å². The summed E-state index contributed by atoms with van der Waals surface area (Å²) in [5.41, 5.74) is 8.54. The maximum Gasteiger partial charge on any atom is 0.217 e. The van der Waals surface area contributed by atoms with Gasteiger partial charge in [-0.05, 0) is 48.9 Å². The first-order valence-corrected chi connectivity index (χ1v) is 10.1. The van der Waals surface area contributed by atoms with Crippen molar-refractivity contribution in [2.75, 3.05) is 13.1 Å². The average molecular weight is 423 g/mol. The van der Waals surface area contributed by atoms with Crippen LogP contribution in [0.3, 0.4) is 0 Å². The predicted octanol–water partition coefficient (Wildman–Crippen LogP) is 4.25. The largest absolute Gasteiger partial charge is 0.356 e. The first-order valence-electron chi connectivity index (χ1n) is 9.72. The molecule has 1 saturated carbocycles. The molecule has 2 aromatic carbocycles. The third-order valence-corrected chi connectivity index (χ3v) is 6.56. The van der Waals surface area contributed by atoms with Gasteiger partial charge in [-0.1, -0.05) is 54.1 Å². The first kappa shape index (κ1) is 21.6. The highest BCUT2D eigenvalue weighted by atomic mass is 35.5. The zero-order chi connectivity index (χ0) is 18.9. The van der Waals surface area contributed by atoms with Gasteiger partial charge in [-0.2, -0.15) is 0 Å². The molecule has 2 aliphatic rings. The number of hydrogen-bond donors (Lipinski definition) is 2. The number of aliphatic hydroxyl groups excluding tert-OH is 1. The number of nitrogens with zero attached hydrogens (tertiary/aromatic N) is 1. The molecule has 0 amide bonds. The molecular formula is C22H28Cl2N2O2. The summed E-state index contributed by atoms with van der Waals surface area (Å²) in [5.74, 6) is 0. The van der Waals surface area contributed by atoms with Gasteiger partial charge in [-0.3, -0.25) is 0 Å². The summed E-state index contributed by atoms with van der Waals surface area (Å²) >= 11 is 6.21. The highest BCUT2D eigenvalue weighted by Crippen LogP contribution is 2.42. The van der Waals surface area contributed by atoms with Crippen molar-refractivity contribution in [1.29, 1.82) is 0 Å². The fraction of sp³-hybridized carbons (Fsp3) is 0.455. The van der Waals surface area contributed by atoms with Crippen molar-refractivity contribution in [1.82, 2.24) is 4.90 Å². The van der Waals surface area contributed by atoms with E-state index in [9.17, 15) is 5.11 Å². The summed E-state index contributed by atoms with van der Waals surface area (Å²) in [5, 5.41) is 11.2. The third kappa shape index (κ3) is 4.23. The summed E-state index contributed by atoms with van der Waals surface area (Å²) in [6, 6.07) is 18.5. The van der Waals surface area contributed by atoms with E-state index >= 15 is 0 Å². The van der Waals surface area contributed by atoms with Crippen LogP contribution in [-0.2, 0) is 10.2 Å². The Morgan fingerprint density at radius 2 is 1.82 bits per heavy atom. The van der Waals surface area contributed by atoms with E-state index in [1.807, 2.05) is 36.4 Å². The third-order valence-electron chi connectivity index (χ3n) is 6.33. The molecule has 0 aromatic heterocycles. The van der Waals surface area contributed by atoms with Gasteiger partial charge in [0.15, 0.2) is 0 Å². The van der Waals surface area contributed by atoms with Crippen LogP contribution in [0.5, 0.6) is 0 Å². The molecule has 2 fully saturated rings. The molecule has 1 aliphatic heterocycles. The molecule has 1 saturated heterocycles. The summed E-state index contributed by atoms with van der Waals surface area (Å²) in [7, 11) is 0. The van der Waals surface area contributed by atoms with Crippen LogP contribution in [0.2, 0.25) is 5.02 Å². The normalized spacial score (nSPS) is 30.8. The van der Waals surface area contributed by atoms with Crippen molar-refractivity contribution in [3.63, 3.8) is 0 Å². The number of rotatable bonds is 4. The minimum atomic E-state index is -0.836. The maximum atomic E-state index is 10.5. The van der Waals surface area contributed by atoms with Gasteiger partial charge in [0.25, 0.3) is 0 Å². The molecule has 1 heterocycles. The number of benzene rings is 2. The van der Waals surface area contributed by atoms with E-state index in [-0.39, 0.29) is 23.9 Å². The van der Waals surface area contributed by atoms with E-state index in [0.29, 0.717) is 12.6 Å². The van der Waals surface area contributed by atoms with Gasteiger partial charge >= 0.3 is 0 Å². The summed E-state index contributed by atoms with van der Waals surface area (Å²) in [6.07, 6.45) is 3.06. The molecule has 6 heteroatoms. The van der Waals surface area contributed by atoms with Crippen LogP contribution in [0.25, 0.3) is 0 Å². The van der Waals surface area contributed by atoms with Crippen LogP contribution < -0.4 is 5.73 Å². The monoisotopic (exact) mass is 422 g/mol. The molecule has 0 spiro atoms. The predicted molar refractivity (Wildman–Crippen MR) is 115 cm³/mol. The number of nitrogens with two attached hydrogens (primary N) is 1. The molecule has 152 valence electrons. The lowest BCUT2D eigenvalue weighted by atomic mass is 9.68. The van der Waals surface area contributed by atoms with Crippen molar-refractivity contribution in [2.45, 2.75) is 49.7 Å². The second kappa shape index (κ2) is 9.12. The lowest BCUT2D eigenvalue weighted by Gasteiger charge is -2.43. The summed E-state index contributed by atoms with van der Waals surface area (Å²) < 4.78 is 5.83. The lowest BCUT2D eigenvalue weighted by Crippen LogP contribution is -2.47. The van der Waals surface area contributed by atoms with Crippen molar-refractivity contribution in [3.05, 3.63) is 70.7 Å². The fourth-order valence-electron chi connectivity index (χ4n) is 4.65. The summed E-state index contributed by atoms with van der Waals surface area (Å²) in [4.78, 5) is 2.11. The Hall–Kier alpha value is -1.14. The molecule has 2 atom stereocenters. The smallest absolute Gasteiger partial charge is 0.217 e. The van der Waals surface area contributed by atoms with Crippen molar-refractivity contribution in [3.8, 4) is 0 Å². The molecule has 4 nitrogen and oxygen atoms in total. The Morgan fingerprint density at radius 1 is 1.11 bits per heavy atom. The van der Waals surface area contributed by atoms with Gasteiger partial charge in [0.1, 0.15) is 0 Å². The Morgan fingerprint density at radius 3 is 2.46 bits per heavy atom. The quantitative estimate of drug-likeness (QED) is 0.772. The molecule has 3 N–H and O–H groups in total. The van der Waals surface area contributed by atoms with Crippen LogP contribution in [0.1, 0.15) is 42.9 Å². The van der Waals surface area contributed by atoms with E-state index in [2.05, 4.69) is 23.1 Å². The minimum absolute atomic E-state index is 0. The van der Waals surface area contributed by atoms with Gasteiger partial charge in [-0.25, -0.2) is 4.90 Å². The van der Waals surface area contributed by atoms with Gasteiger partial charge in [-0.15, -0.1) is 12.4 Å². The number of ether oxygens (including phenoxy) is 1. The Bertz CT molecular complexity index is 766. The molecule has 1 aliphatic carbocycles. The second-order valence-electron chi connectivity index (χ2n) is 7.78. The molecule has 0 bridgehead atoms. The van der Waals surface area contributed by atoms with Crippen molar-refractivity contribution in [2.24, 2.45) is 5.73 Å². The maximum absolute atomic E-state index is 10.5. The van der Waals surface area contributed by atoms with E-state index < -0.39 is 6.41 Å². The highest BCUT2D eigenvalue weighted by Gasteiger charge is 2.42. The molecule has 4 rings (SSSR count). The minimum Gasteiger partial charge on any atom is -0.356 e. The van der Waals surface area contributed by atoms with Gasteiger partial charge < -0.3 is 15.6 Å². The lowest BCUT2D eigenvalue weighted by molar-refractivity contribution is -0.164. The Kier molecular flexibility index (Phi) is 7.02. The number of halogens is 2. The van der Waals surface area contributed by atoms with Gasteiger partial charge in [0.2, 0.25) is 6.41 Å². The summed E-state index contributed by atoms with van der Waals surface area (Å²) in [6.45, 7) is 1.34. The van der Waals surface area contributed by atoms with Crippen molar-refractivity contribution < 1.29 is 9.84 Å². The number of hydrogen-bond acceptors (Lipinski definition) is 4. The van der Waals surface area contributed by atoms with Crippen LogP contribution in [0.4, 0.5) is 0 Å². The average Bonchev–Trinajstić information content (AvgIpc) is 3.10. The number of aliphatic hydroxyl groups is 1. The Labute approximate surface area is 178 Å². The molecule has 0 radical (unpaired) electrons. The molecular weight excluding hydrogens is 395 g/mol. The van der Waals surface area contributed by atoms with E-state index in [4.69, 9.17) is 22.1 Å². The van der Waals surface area contributed by atoms with E-state index in [1.54, 1.807) is 0 Å². The fourth-order valence-corrected chi connectivity index (χ4v) is 4.84. The van der Waals surface area contributed by atoms with E-state index in [0.717, 1.165) is 42.8 Å². The van der Waals surface area contributed by atoms with Crippen molar-refractivity contribution >= 4 is 24.0 Å². The molecule has 1 unspecified atom stereocenters. The van der Waals surface area contributed by atoms with E-state index in [1.165, 1.54) is 5.56 Å². The van der Waals surface area contributed by atoms with Gasteiger partial charge in [0.05, 0.1) is 6.10 Å². The zero-order valence-electron chi connectivity index (χ0n) is 15.8. The second-order valence-corrected chi connectivity index (χ2v) is 8.22. The van der Waals surface area contributed by atoms with Crippen LogP contribution in [-0.4, -0.2) is 35.6 Å². The van der Waals surface area contributed by atoms with Crippen LogP contribution >= 0.6 is 24.0 Å². The van der Waals surface area contributed by atoms with Crippen LogP contribution in [0.15, 0.2) is 54.6 Å². The SMILES string of the molecule is Cl.NCC1(c2cccc(Cl)c2)CCC(N2C[C@H](c3ccccc3)OC2O)CC1. The van der Waals surface area contributed by atoms with Gasteiger partial charge in [0, 0.05) is 29.6 Å². The zero-order valence-corrected chi connectivity index (χ0v) is 17.4. The molecule has 28 heavy (non-hydrogen) atoms. The standard InChI is InChI=1S/C22H27ClN2O2.ClH/c23-18-8-4-7-17(13-18)22(15-24)11-9-19(10-12-22)25-14-20(27-21(25)26)16-5-2-1-3-6-16;/h1-8,13,19-21,26H,9-12,14-15,24H2;1H/t19?,20-,21?,22?;/m1./s1. The topological polar surface area (TPSA) is 58.7 Å². The molecule has 2 aromatic rings. The first-order chi connectivity index (χ1) is 13.1.